The Kier molecular flexibility index (Phi) is 5.85. The first-order valence-electron chi connectivity index (χ1n) is 9.94. The molecule has 1 aliphatic heterocycles. The molecule has 1 aromatic heterocycles. The first kappa shape index (κ1) is 20.2. The van der Waals surface area contributed by atoms with Crippen molar-refractivity contribution in [2.75, 3.05) is 19.8 Å². The summed E-state index contributed by atoms with van der Waals surface area (Å²) in [5.41, 5.74) is 2.99. The third kappa shape index (κ3) is 4.09. The minimum atomic E-state index is -0.0438. The van der Waals surface area contributed by atoms with Crippen molar-refractivity contribution in [3.8, 4) is 22.9 Å². The summed E-state index contributed by atoms with van der Waals surface area (Å²) in [6.45, 7) is 6.14. The molecule has 2 aromatic carbocycles. The summed E-state index contributed by atoms with van der Waals surface area (Å²) in [6, 6.07) is 13.7. The summed E-state index contributed by atoms with van der Waals surface area (Å²) >= 11 is 5.39. The van der Waals surface area contributed by atoms with Crippen LogP contribution in [-0.4, -0.2) is 45.3 Å². The monoisotopic (exact) mass is 424 g/mol. The van der Waals surface area contributed by atoms with Crippen LogP contribution in [0.3, 0.4) is 0 Å². The van der Waals surface area contributed by atoms with Crippen LogP contribution >= 0.6 is 12.2 Å². The normalized spacial score (nSPS) is 12.6. The maximum atomic E-state index is 13.1. The van der Waals surface area contributed by atoms with Gasteiger partial charge in [-0.25, -0.2) is 0 Å². The number of carbonyl (C=O) groups excluding carboxylic acids is 1. The van der Waals surface area contributed by atoms with Gasteiger partial charge in [0.2, 0.25) is 5.91 Å². The standard InChI is InChI=1S/C22H24N4O3S/c1-3-25(13-17-5-4-6-18-20(17)29-12-11-28-18)19(27)14-26-21(23-24-22(26)30)16-9-7-15(2)8-10-16/h4-10H,3,11-14H2,1-2H3,(H,24,30). The van der Waals surface area contributed by atoms with Gasteiger partial charge in [0, 0.05) is 24.2 Å². The Morgan fingerprint density at radius 1 is 1.20 bits per heavy atom. The van der Waals surface area contributed by atoms with Gasteiger partial charge in [-0.3, -0.25) is 14.5 Å². The molecule has 0 radical (unpaired) electrons. The molecule has 0 bridgehead atoms. The molecule has 0 saturated heterocycles. The van der Waals surface area contributed by atoms with Crippen molar-refractivity contribution >= 4 is 18.1 Å². The van der Waals surface area contributed by atoms with E-state index in [-0.39, 0.29) is 12.5 Å². The number of nitrogens with zero attached hydrogens (tertiary/aromatic N) is 3. The van der Waals surface area contributed by atoms with Crippen molar-refractivity contribution in [3.05, 3.63) is 58.4 Å². The summed E-state index contributed by atoms with van der Waals surface area (Å²) < 4.78 is 13.6. The van der Waals surface area contributed by atoms with Crippen LogP contribution in [0.5, 0.6) is 11.5 Å². The number of aromatic nitrogens is 3. The fourth-order valence-corrected chi connectivity index (χ4v) is 3.66. The number of ether oxygens (including phenoxy) is 2. The van der Waals surface area contributed by atoms with Crippen LogP contribution in [-0.2, 0) is 17.9 Å². The number of carbonyl (C=O) groups is 1. The highest BCUT2D eigenvalue weighted by molar-refractivity contribution is 7.71. The average molecular weight is 425 g/mol. The van der Waals surface area contributed by atoms with E-state index in [0.717, 1.165) is 28.2 Å². The molecule has 0 fully saturated rings. The lowest BCUT2D eigenvalue weighted by Gasteiger charge is -2.25. The number of aromatic amines is 1. The molecular weight excluding hydrogens is 400 g/mol. The number of H-pyrrole nitrogens is 1. The van der Waals surface area contributed by atoms with Crippen LogP contribution < -0.4 is 9.47 Å². The lowest BCUT2D eigenvalue weighted by atomic mass is 10.1. The maximum absolute atomic E-state index is 13.1. The lowest BCUT2D eigenvalue weighted by molar-refractivity contribution is -0.132. The summed E-state index contributed by atoms with van der Waals surface area (Å²) in [5, 5.41) is 7.15. The van der Waals surface area contributed by atoms with Gasteiger partial charge in [-0.2, -0.15) is 5.10 Å². The number of amides is 1. The molecule has 156 valence electrons. The van der Waals surface area contributed by atoms with Crippen molar-refractivity contribution in [2.45, 2.75) is 26.9 Å². The van der Waals surface area contributed by atoms with Crippen LogP contribution in [0.15, 0.2) is 42.5 Å². The van der Waals surface area contributed by atoms with E-state index in [4.69, 9.17) is 21.7 Å². The van der Waals surface area contributed by atoms with Gasteiger partial charge in [-0.15, -0.1) is 0 Å². The Hall–Kier alpha value is -3.13. The van der Waals surface area contributed by atoms with Gasteiger partial charge in [-0.05, 0) is 32.1 Å². The minimum absolute atomic E-state index is 0.0438. The summed E-state index contributed by atoms with van der Waals surface area (Å²) in [6.07, 6.45) is 0. The van der Waals surface area contributed by atoms with E-state index < -0.39 is 0 Å². The molecular formula is C22H24N4O3S. The van der Waals surface area contributed by atoms with E-state index in [1.165, 1.54) is 0 Å². The molecule has 30 heavy (non-hydrogen) atoms. The van der Waals surface area contributed by atoms with Crippen LogP contribution in [0.2, 0.25) is 0 Å². The van der Waals surface area contributed by atoms with E-state index in [1.807, 2.05) is 56.3 Å². The second kappa shape index (κ2) is 8.71. The van der Waals surface area contributed by atoms with Crippen molar-refractivity contribution in [3.63, 3.8) is 0 Å². The van der Waals surface area contributed by atoms with Crippen LogP contribution in [0.4, 0.5) is 0 Å². The Balaban J connectivity index is 1.56. The first-order valence-corrected chi connectivity index (χ1v) is 10.3. The molecule has 0 atom stereocenters. The molecule has 7 nitrogen and oxygen atoms in total. The van der Waals surface area contributed by atoms with Gasteiger partial charge >= 0.3 is 0 Å². The number of benzene rings is 2. The molecule has 0 unspecified atom stereocenters. The zero-order chi connectivity index (χ0) is 21.1. The number of hydrogen-bond acceptors (Lipinski definition) is 5. The van der Waals surface area contributed by atoms with E-state index in [0.29, 0.717) is 36.9 Å². The molecule has 1 amide bonds. The molecule has 0 spiro atoms. The van der Waals surface area contributed by atoms with Gasteiger partial charge in [-0.1, -0.05) is 42.0 Å². The Morgan fingerprint density at radius 2 is 1.97 bits per heavy atom. The summed E-state index contributed by atoms with van der Waals surface area (Å²) in [7, 11) is 0. The predicted molar refractivity (Wildman–Crippen MR) is 116 cm³/mol. The van der Waals surface area contributed by atoms with Gasteiger partial charge in [0.1, 0.15) is 19.8 Å². The van der Waals surface area contributed by atoms with Crippen molar-refractivity contribution in [2.24, 2.45) is 0 Å². The number of likely N-dealkylation sites (N-methyl/N-ethyl adjacent to an activating group) is 1. The van der Waals surface area contributed by atoms with Gasteiger partial charge in [0.05, 0.1) is 0 Å². The molecule has 0 saturated carbocycles. The Morgan fingerprint density at radius 3 is 2.73 bits per heavy atom. The highest BCUT2D eigenvalue weighted by atomic mass is 32.1. The number of aryl methyl sites for hydroxylation is 1. The molecule has 0 aliphatic carbocycles. The second-order valence-corrected chi connectivity index (χ2v) is 7.54. The van der Waals surface area contributed by atoms with Crippen molar-refractivity contribution in [1.82, 2.24) is 19.7 Å². The molecule has 1 N–H and O–H groups in total. The van der Waals surface area contributed by atoms with Crippen LogP contribution in [0.1, 0.15) is 18.1 Å². The number of nitrogens with one attached hydrogen (secondary N) is 1. The van der Waals surface area contributed by atoms with E-state index in [1.54, 1.807) is 9.47 Å². The highest BCUT2D eigenvalue weighted by Gasteiger charge is 2.21. The lowest BCUT2D eigenvalue weighted by Crippen LogP contribution is -2.33. The van der Waals surface area contributed by atoms with Crippen LogP contribution in [0, 0.1) is 11.7 Å². The zero-order valence-corrected chi connectivity index (χ0v) is 17.9. The highest BCUT2D eigenvalue weighted by Crippen LogP contribution is 2.34. The Bertz CT molecular complexity index is 1100. The molecule has 3 aromatic rings. The van der Waals surface area contributed by atoms with Crippen molar-refractivity contribution in [1.29, 1.82) is 0 Å². The van der Waals surface area contributed by atoms with Crippen LogP contribution in [0.25, 0.3) is 11.4 Å². The topological polar surface area (TPSA) is 72.4 Å². The number of rotatable bonds is 6. The molecule has 8 heteroatoms. The average Bonchev–Trinajstić information content (AvgIpc) is 3.12. The molecule has 1 aliphatic rings. The SMILES string of the molecule is CCN(Cc1cccc2c1OCCO2)C(=O)Cn1c(-c2ccc(C)cc2)n[nH]c1=S. The number of hydrogen-bond donors (Lipinski definition) is 1. The maximum Gasteiger partial charge on any atom is 0.242 e. The van der Waals surface area contributed by atoms with Gasteiger partial charge in [0.15, 0.2) is 22.1 Å². The third-order valence-corrected chi connectivity index (χ3v) is 5.42. The van der Waals surface area contributed by atoms with Crippen molar-refractivity contribution < 1.29 is 14.3 Å². The fourth-order valence-electron chi connectivity index (χ4n) is 3.46. The van der Waals surface area contributed by atoms with Gasteiger partial charge < -0.3 is 14.4 Å². The van der Waals surface area contributed by atoms with Gasteiger partial charge in [0.25, 0.3) is 0 Å². The Labute approximate surface area is 180 Å². The zero-order valence-electron chi connectivity index (χ0n) is 17.1. The summed E-state index contributed by atoms with van der Waals surface area (Å²) in [5.74, 6) is 2.05. The number of para-hydroxylation sites is 1. The minimum Gasteiger partial charge on any atom is -0.486 e. The first-order chi connectivity index (χ1) is 14.6. The van der Waals surface area contributed by atoms with E-state index in [2.05, 4.69) is 10.2 Å². The predicted octanol–water partition coefficient (Wildman–Crippen LogP) is 3.74. The molecule has 2 heterocycles. The smallest absolute Gasteiger partial charge is 0.242 e. The fraction of sp³-hybridized carbons (Fsp3) is 0.318. The van der Waals surface area contributed by atoms with E-state index in [9.17, 15) is 4.79 Å². The quantitative estimate of drug-likeness (QED) is 0.611. The summed E-state index contributed by atoms with van der Waals surface area (Å²) in [4.78, 5) is 14.9. The third-order valence-electron chi connectivity index (χ3n) is 5.10. The second-order valence-electron chi connectivity index (χ2n) is 7.15. The van der Waals surface area contributed by atoms with E-state index >= 15 is 0 Å². The molecule has 4 rings (SSSR count). The number of fused-ring (bicyclic) bond motifs is 1. The largest absolute Gasteiger partial charge is 0.486 e.